The van der Waals surface area contributed by atoms with Crippen LogP contribution in [0.2, 0.25) is 0 Å². The minimum atomic E-state index is -0.630. The molecule has 8 nitrogen and oxygen atoms in total. The van der Waals surface area contributed by atoms with Gasteiger partial charge in [0.2, 0.25) is 5.75 Å². The topological polar surface area (TPSA) is 84.7 Å². The number of carbonyl (C=O) groups excluding carboxylic acids is 1. The zero-order valence-corrected chi connectivity index (χ0v) is 11.2. The highest BCUT2D eigenvalue weighted by Crippen LogP contribution is 2.38. The average Bonchev–Trinajstić information content (AvgIpc) is 2.98. The van der Waals surface area contributed by atoms with E-state index >= 15 is 0 Å². The standard InChI is InChI=1S/C12H13N3O5/c1-17-9-6-8(7-10(18-2)11(9)19-3)12(16)20-15-5-4-13-14-15/h4-7H,1-3H3. The van der Waals surface area contributed by atoms with E-state index in [4.69, 9.17) is 19.0 Å². The third kappa shape index (κ3) is 2.63. The molecule has 2 rings (SSSR count). The molecule has 1 aromatic heterocycles. The van der Waals surface area contributed by atoms with Crippen LogP contribution in [-0.4, -0.2) is 42.5 Å². The lowest BCUT2D eigenvalue weighted by Crippen LogP contribution is -2.20. The van der Waals surface area contributed by atoms with Gasteiger partial charge < -0.3 is 19.0 Å². The van der Waals surface area contributed by atoms with Crippen LogP contribution in [0, 0.1) is 0 Å². The summed E-state index contributed by atoms with van der Waals surface area (Å²) in [6, 6.07) is 2.97. The Morgan fingerprint density at radius 1 is 1.10 bits per heavy atom. The number of carbonyl (C=O) groups is 1. The highest BCUT2D eigenvalue weighted by Gasteiger charge is 2.18. The fraction of sp³-hybridized carbons (Fsp3) is 0.250. The van der Waals surface area contributed by atoms with Crippen LogP contribution in [0.1, 0.15) is 10.4 Å². The number of hydrogen-bond donors (Lipinski definition) is 0. The molecule has 0 saturated carbocycles. The minimum Gasteiger partial charge on any atom is -0.493 e. The van der Waals surface area contributed by atoms with Crippen LogP contribution in [0.3, 0.4) is 0 Å². The van der Waals surface area contributed by atoms with Gasteiger partial charge >= 0.3 is 5.97 Å². The molecule has 0 amide bonds. The maximum Gasteiger partial charge on any atom is 0.366 e. The number of aromatic nitrogens is 3. The normalized spacial score (nSPS) is 9.95. The molecule has 0 bridgehead atoms. The largest absolute Gasteiger partial charge is 0.493 e. The highest BCUT2D eigenvalue weighted by atomic mass is 16.7. The fourth-order valence-corrected chi connectivity index (χ4v) is 1.58. The van der Waals surface area contributed by atoms with Gasteiger partial charge in [0.05, 0.1) is 39.3 Å². The van der Waals surface area contributed by atoms with Gasteiger partial charge in [0.15, 0.2) is 11.5 Å². The molecule has 0 aliphatic carbocycles. The van der Waals surface area contributed by atoms with Gasteiger partial charge in [-0.1, -0.05) is 4.85 Å². The molecule has 2 aromatic rings. The number of ether oxygens (including phenoxy) is 3. The quantitative estimate of drug-likeness (QED) is 0.740. The minimum absolute atomic E-state index is 0.231. The van der Waals surface area contributed by atoms with Gasteiger partial charge in [-0.2, -0.15) is 0 Å². The van der Waals surface area contributed by atoms with E-state index in [0.29, 0.717) is 17.2 Å². The van der Waals surface area contributed by atoms with Crippen LogP contribution in [-0.2, 0) is 0 Å². The Balaban J connectivity index is 2.34. The lowest BCUT2D eigenvalue weighted by molar-refractivity contribution is 0.0383. The Kier molecular flexibility index (Phi) is 4.04. The smallest absolute Gasteiger partial charge is 0.366 e. The van der Waals surface area contributed by atoms with Gasteiger partial charge in [-0.15, -0.1) is 5.10 Å². The lowest BCUT2D eigenvalue weighted by atomic mass is 10.2. The molecular weight excluding hydrogens is 266 g/mol. The summed E-state index contributed by atoms with van der Waals surface area (Å²) in [7, 11) is 4.40. The Labute approximate surface area is 114 Å². The first-order valence-corrected chi connectivity index (χ1v) is 5.58. The van der Waals surface area contributed by atoms with Gasteiger partial charge in [-0.25, -0.2) is 4.79 Å². The summed E-state index contributed by atoms with van der Waals surface area (Å²) in [4.78, 5) is 17.9. The summed E-state index contributed by atoms with van der Waals surface area (Å²) in [5.41, 5.74) is 0.231. The first kappa shape index (κ1) is 13.7. The zero-order chi connectivity index (χ0) is 14.5. The predicted octanol–water partition coefficient (Wildman–Crippen LogP) is 0.573. The van der Waals surface area contributed by atoms with Crippen molar-refractivity contribution in [3.63, 3.8) is 0 Å². The first-order valence-electron chi connectivity index (χ1n) is 5.58. The van der Waals surface area contributed by atoms with E-state index in [1.165, 1.54) is 45.9 Å². The Morgan fingerprint density at radius 3 is 2.20 bits per heavy atom. The zero-order valence-electron chi connectivity index (χ0n) is 11.2. The van der Waals surface area contributed by atoms with Crippen molar-refractivity contribution in [2.45, 2.75) is 0 Å². The highest BCUT2D eigenvalue weighted by molar-refractivity contribution is 5.91. The Bertz CT molecular complexity index is 572. The van der Waals surface area contributed by atoms with E-state index in [0.717, 1.165) is 4.85 Å². The van der Waals surface area contributed by atoms with Crippen LogP contribution in [0.5, 0.6) is 17.2 Å². The Morgan fingerprint density at radius 2 is 1.75 bits per heavy atom. The van der Waals surface area contributed by atoms with Crippen LogP contribution in [0.15, 0.2) is 24.5 Å². The maximum atomic E-state index is 12.0. The SMILES string of the molecule is COc1cc(C(=O)On2ccnn2)cc(OC)c1OC. The molecule has 106 valence electrons. The summed E-state index contributed by atoms with van der Waals surface area (Å²) in [5.74, 6) is 0.483. The Hall–Kier alpha value is -2.77. The second-order valence-electron chi connectivity index (χ2n) is 3.60. The van der Waals surface area contributed by atoms with Crippen molar-refractivity contribution in [3.05, 3.63) is 30.1 Å². The van der Waals surface area contributed by atoms with Crippen LogP contribution < -0.4 is 19.0 Å². The van der Waals surface area contributed by atoms with Crippen LogP contribution in [0.25, 0.3) is 0 Å². The second kappa shape index (κ2) is 5.91. The summed E-state index contributed by atoms with van der Waals surface area (Å²) >= 11 is 0. The molecule has 0 aliphatic rings. The number of methoxy groups -OCH3 is 3. The van der Waals surface area contributed by atoms with Crippen LogP contribution in [0.4, 0.5) is 0 Å². The number of hydrogen-bond acceptors (Lipinski definition) is 7. The lowest BCUT2D eigenvalue weighted by Gasteiger charge is -2.13. The summed E-state index contributed by atoms with van der Waals surface area (Å²) in [6.07, 6.45) is 2.79. The van der Waals surface area contributed by atoms with Gasteiger partial charge in [0.1, 0.15) is 0 Å². The van der Waals surface area contributed by atoms with Gasteiger partial charge in [-0.05, 0) is 17.3 Å². The van der Waals surface area contributed by atoms with E-state index in [1.54, 1.807) is 0 Å². The van der Waals surface area contributed by atoms with E-state index in [-0.39, 0.29) is 5.56 Å². The summed E-state index contributed by atoms with van der Waals surface area (Å²) in [6.45, 7) is 0. The average molecular weight is 279 g/mol. The van der Waals surface area contributed by atoms with E-state index < -0.39 is 5.97 Å². The molecule has 0 aliphatic heterocycles. The molecule has 0 saturated heterocycles. The summed E-state index contributed by atoms with van der Waals surface area (Å²) < 4.78 is 15.5. The van der Waals surface area contributed by atoms with Crippen molar-refractivity contribution < 1.29 is 23.8 Å². The molecular formula is C12H13N3O5. The number of benzene rings is 1. The molecule has 8 heteroatoms. The van der Waals surface area contributed by atoms with Crippen molar-refractivity contribution in [3.8, 4) is 17.2 Å². The second-order valence-corrected chi connectivity index (χ2v) is 3.60. The molecule has 0 radical (unpaired) electrons. The van der Waals surface area contributed by atoms with E-state index in [1.807, 2.05) is 0 Å². The van der Waals surface area contributed by atoms with Crippen molar-refractivity contribution in [2.24, 2.45) is 0 Å². The number of nitrogens with zero attached hydrogens (tertiary/aromatic N) is 3. The van der Waals surface area contributed by atoms with Gasteiger partial charge in [-0.3, -0.25) is 0 Å². The summed E-state index contributed by atoms with van der Waals surface area (Å²) in [5, 5.41) is 7.07. The maximum absolute atomic E-state index is 12.0. The molecule has 0 unspecified atom stereocenters. The molecule has 0 atom stereocenters. The third-order valence-corrected chi connectivity index (χ3v) is 2.48. The molecule has 1 heterocycles. The molecule has 1 aromatic carbocycles. The van der Waals surface area contributed by atoms with E-state index in [2.05, 4.69) is 10.3 Å². The molecule has 0 N–H and O–H groups in total. The van der Waals surface area contributed by atoms with Crippen LogP contribution >= 0.6 is 0 Å². The van der Waals surface area contributed by atoms with Gasteiger partial charge in [0.25, 0.3) is 0 Å². The monoisotopic (exact) mass is 279 g/mol. The third-order valence-electron chi connectivity index (χ3n) is 2.48. The van der Waals surface area contributed by atoms with E-state index in [9.17, 15) is 4.79 Å². The van der Waals surface area contributed by atoms with Crippen molar-refractivity contribution >= 4 is 5.97 Å². The molecule has 0 spiro atoms. The number of rotatable bonds is 5. The van der Waals surface area contributed by atoms with Crippen molar-refractivity contribution in [1.29, 1.82) is 0 Å². The van der Waals surface area contributed by atoms with Crippen molar-refractivity contribution in [2.75, 3.05) is 21.3 Å². The van der Waals surface area contributed by atoms with Crippen molar-refractivity contribution in [1.82, 2.24) is 15.2 Å². The first-order chi connectivity index (χ1) is 9.69. The fourth-order valence-electron chi connectivity index (χ4n) is 1.58. The van der Waals surface area contributed by atoms with Gasteiger partial charge in [0, 0.05) is 0 Å². The molecule has 20 heavy (non-hydrogen) atoms. The molecule has 0 fully saturated rings. The predicted molar refractivity (Wildman–Crippen MR) is 67.0 cm³/mol.